The highest BCUT2D eigenvalue weighted by molar-refractivity contribution is 5.81. The number of aromatic amines is 1. The first-order chi connectivity index (χ1) is 15.0. The number of likely N-dealkylation sites (tertiary alicyclic amines) is 1. The number of H-pyrrole nitrogens is 1. The van der Waals surface area contributed by atoms with E-state index in [0.29, 0.717) is 36.5 Å². The summed E-state index contributed by atoms with van der Waals surface area (Å²) in [5.41, 5.74) is 0.648. The Labute approximate surface area is 177 Å². The molecule has 31 heavy (non-hydrogen) atoms. The number of hydrogen-bond donors (Lipinski definition) is 1. The second-order valence-corrected chi connectivity index (χ2v) is 8.37. The molecule has 160 valence electrons. The van der Waals surface area contributed by atoms with E-state index in [1.54, 1.807) is 18.2 Å². The van der Waals surface area contributed by atoms with Crippen molar-refractivity contribution in [1.82, 2.24) is 19.7 Å². The van der Waals surface area contributed by atoms with Crippen molar-refractivity contribution in [3.8, 4) is 16.8 Å². The molecule has 0 spiro atoms. The van der Waals surface area contributed by atoms with Gasteiger partial charge in [-0.05, 0) is 60.6 Å². The molecule has 2 fully saturated rings. The minimum absolute atomic E-state index is 0.0952. The highest BCUT2D eigenvalue weighted by Gasteiger charge is 2.37. The van der Waals surface area contributed by atoms with Crippen LogP contribution in [0.4, 0.5) is 8.78 Å². The largest absolute Gasteiger partial charge is 0.348 e. The van der Waals surface area contributed by atoms with E-state index in [9.17, 15) is 18.4 Å². The molecule has 0 bridgehead atoms. The van der Waals surface area contributed by atoms with Crippen LogP contribution < -0.4 is 5.69 Å². The van der Waals surface area contributed by atoms with Gasteiger partial charge >= 0.3 is 5.69 Å². The first-order valence-electron chi connectivity index (χ1n) is 10.5. The van der Waals surface area contributed by atoms with Crippen molar-refractivity contribution in [2.45, 2.75) is 25.7 Å². The molecule has 2 heterocycles. The summed E-state index contributed by atoms with van der Waals surface area (Å²) in [5, 5.41) is 6.53. The van der Waals surface area contributed by atoms with Crippen LogP contribution in [0.5, 0.6) is 0 Å². The van der Waals surface area contributed by atoms with E-state index in [-0.39, 0.29) is 23.4 Å². The molecule has 1 unspecified atom stereocenters. The number of nitrogens with one attached hydrogen (secondary N) is 1. The fourth-order valence-corrected chi connectivity index (χ4v) is 4.30. The maximum Gasteiger partial charge on any atom is 0.348 e. The Bertz CT molecular complexity index is 1200. The van der Waals surface area contributed by atoms with Crippen molar-refractivity contribution in [2.24, 2.45) is 11.8 Å². The van der Waals surface area contributed by atoms with E-state index in [1.807, 2.05) is 4.90 Å². The molecule has 1 aliphatic heterocycles. The number of hydrogen-bond acceptors (Lipinski definition) is 3. The lowest BCUT2D eigenvalue weighted by molar-refractivity contribution is -0.131. The van der Waals surface area contributed by atoms with Crippen LogP contribution in [0.3, 0.4) is 0 Å². The van der Waals surface area contributed by atoms with Crippen molar-refractivity contribution in [3.05, 3.63) is 70.4 Å². The summed E-state index contributed by atoms with van der Waals surface area (Å²) in [4.78, 5) is 26.6. The smallest absolute Gasteiger partial charge is 0.342 e. The van der Waals surface area contributed by atoms with Crippen LogP contribution >= 0.6 is 0 Å². The Morgan fingerprint density at radius 1 is 1.10 bits per heavy atom. The highest BCUT2D eigenvalue weighted by atomic mass is 19.1. The van der Waals surface area contributed by atoms with E-state index in [0.717, 1.165) is 19.3 Å². The van der Waals surface area contributed by atoms with Crippen molar-refractivity contribution in [1.29, 1.82) is 0 Å². The van der Waals surface area contributed by atoms with E-state index in [1.165, 1.54) is 28.8 Å². The van der Waals surface area contributed by atoms with Gasteiger partial charge in [0.15, 0.2) is 0 Å². The standard InChI is InChI=1S/C23H22F2N4O2/c24-18-3-1-2-16(11-18)17-6-7-20(19(25)12-17)29-21(26-27-23(29)31)10-14-8-9-28(13-14)22(30)15-4-5-15/h1-3,6-7,11-12,14-15H,4-5,8-10,13H2,(H,27,31). The summed E-state index contributed by atoms with van der Waals surface area (Å²) in [7, 11) is 0. The topological polar surface area (TPSA) is 71.0 Å². The third-order valence-electron chi connectivity index (χ3n) is 6.08. The fraction of sp³-hybridized carbons (Fsp3) is 0.348. The molecule has 5 rings (SSSR count). The minimum atomic E-state index is -0.594. The van der Waals surface area contributed by atoms with Gasteiger partial charge in [0.2, 0.25) is 5.91 Å². The van der Waals surface area contributed by atoms with E-state index < -0.39 is 17.3 Å². The Morgan fingerprint density at radius 3 is 2.65 bits per heavy atom. The third-order valence-corrected chi connectivity index (χ3v) is 6.08. The third kappa shape index (κ3) is 3.89. The van der Waals surface area contributed by atoms with Crippen molar-refractivity contribution in [3.63, 3.8) is 0 Å². The molecule has 1 N–H and O–H groups in total. The van der Waals surface area contributed by atoms with Crippen LogP contribution in [-0.4, -0.2) is 38.7 Å². The summed E-state index contributed by atoms with van der Waals surface area (Å²) in [5.74, 6) is 0.0258. The number of amides is 1. The first kappa shape index (κ1) is 19.7. The van der Waals surface area contributed by atoms with E-state index >= 15 is 0 Å². The summed E-state index contributed by atoms with van der Waals surface area (Å²) in [6, 6.07) is 10.4. The van der Waals surface area contributed by atoms with Gasteiger partial charge in [-0.2, -0.15) is 5.10 Å². The number of nitrogens with zero attached hydrogens (tertiary/aromatic N) is 3. The van der Waals surface area contributed by atoms with Gasteiger partial charge in [0.05, 0.1) is 5.69 Å². The number of benzene rings is 2. The Hall–Kier alpha value is -3.29. The van der Waals surface area contributed by atoms with Crippen molar-refractivity contribution < 1.29 is 13.6 Å². The molecule has 6 nitrogen and oxygen atoms in total. The molecule has 0 radical (unpaired) electrons. The van der Waals surface area contributed by atoms with Crippen LogP contribution in [0.15, 0.2) is 47.3 Å². The zero-order chi connectivity index (χ0) is 21.5. The number of aromatic nitrogens is 3. The molecular weight excluding hydrogens is 402 g/mol. The number of carbonyl (C=O) groups excluding carboxylic acids is 1. The molecule has 3 aromatic rings. The fourth-order valence-electron chi connectivity index (χ4n) is 4.30. The highest BCUT2D eigenvalue weighted by Crippen LogP contribution is 2.33. The van der Waals surface area contributed by atoms with Crippen LogP contribution in [0.25, 0.3) is 16.8 Å². The molecule has 2 aliphatic rings. The van der Waals surface area contributed by atoms with Crippen LogP contribution in [0, 0.1) is 23.5 Å². The quantitative estimate of drug-likeness (QED) is 0.683. The number of rotatable bonds is 5. The van der Waals surface area contributed by atoms with E-state index in [2.05, 4.69) is 10.2 Å². The maximum absolute atomic E-state index is 15.0. The molecule has 1 aliphatic carbocycles. The van der Waals surface area contributed by atoms with Gasteiger partial charge in [0.1, 0.15) is 17.5 Å². The second-order valence-electron chi connectivity index (χ2n) is 8.37. The van der Waals surface area contributed by atoms with Gasteiger partial charge in [0, 0.05) is 25.4 Å². The normalized spacial score (nSPS) is 18.5. The SMILES string of the molecule is O=C(C1CC1)N1CCC(Cc2n[nH]c(=O)n2-c2ccc(-c3cccc(F)c3)cc2F)C1. The van der Waals surface area contributed by atoms with Gasteiger partial charge in [-0.15, -0.1) is 0 Å². The summed E-state index contributed by atoms with van der Waals surface area (Å²) >= 11 is 0. The first-order valence-corrected chi connectivity index (χ1v) is 10.5. The van der Waals surface area contributed by atoms with Crippen LogP contribution in [0.2, 0.25) is 0 Å². The summed E-state index contributed by atoms with van der Waals surface area (Å²) < 4.78 is 29.7. The molecular formula is C23H22F2N4O2. The van der Waals surface area contributed by atoms with Crippen LogP contribution in [0.1, 0.15) is 25.1 Å². The molecule has 1 saturated heterocycles. The monoisotopic (exact) mass is 424 g/mol. The lowest BCUT2D eigenvalue weighted by atomic mass is 10.0. The summed E-state index contributed by atoms with van der Waals surface area (Å²) in [6.07, 6.45) is 3.26. The van der Waals surface area contributed by atoms with Gasteiger partial charge < -0.3 is 4.90 Å². The van der Waals surface area contributed by atoms with Crippen molar-refractivity contribution >= 4 is 5.91 Å². The Balaban J connectivity index is 1.38. The number of carbonyl (C=O) groups is 1. The van der Waals surface area contributed by atoms with Gasteiger partial charge in [0.25, 0.3) is 0 Å². The zero-order valence-corrected chi connectivity index (χ0v) is 16.9. The number of halogens is 2. The molecule has 1 amide bonds. The molecule has 1 saturated carbocycles. The zero-order valence-electron chi connectivity index (χ0n) is 16.9. The van der Waals surface area contributed by atoms with Gasteiger partial charge in [-0.3, -0.25) is 4.79 Å². The molecule has 1 atom stereocenters. The average molecular weight is 424 g/mol. The predicted molar refractivity (Wildman–Crippen MR) is 111 cm³/mol. The predicted octanol–water partition coefficient (Wildman–Crippen LogP) is 3.31. The molecule has 2 aromatic carbocycles. The Kier molecular flexibility index (Phi) is 4.92. The average Bonchev–Trinajstić information content (AvgIpc) is 3.41. The second kappa shape index (κ2) is 7.76. The molecule has 8 heteroatoms. The Morgan fingerprint density at radius 2 is 1.90 bits per heavy atom. The van der Waals surface area contributed by atoms with Crippen molar-refractivity contribution in [2.75, 3.05) is 13.1 Å². The van der Waals surface area contributed by atoms with E-state index in [4.69, 9.17) is 0 Å². The minimum Gasteiger partial charge on any atom is -0.342 e. The van der Waals surface area contributed by atoms with Crippen LogP contribution in [-0.2, 0) is 11.2 Å². The lowest BCUT2D eigenvalue weighted by Gasteiger charge is -2.16. The van der Waals surface area contributed by atoms with Gasteiger partial charge in [-0.1, -0.05) is 18.2 Å². The lowest BCUT2D eigenvalue weighted by Crippen LogP contribution is -2.30. The maximum atomic E-state index is 15.0. The summed E-state index contributed by atoms with van der Waals surface area (Å²) in [6.45, 7) is 1.35. The van der Waals surface area contributed by atoms with Gasteiger partial charge in [-0.25, -0.2) is 23.2 Å². The molecule has 1 aromatic heterocycles.